The van der Waals surface area contributed by atoms with Crippen LogP contribution in [0.3, 0.4) is 0 Å². The first-order chi connectivity index (χ1) is 5.91. The Morgan fingerprint density at radius 3 is 2.23 bits per heavy atom. The van der Waals surface area contributed by atoms with E-state index in [4.69, 9.17) is 27.3 Å². The first-order valence-corrected chi connectivity index (χ1v) is 5.43. The summed E-state index contributed by atoms with van der Waals surface area (Å²) in [6, 6.07) is -0.673. The lowest BCUT2D eigenvalue weighted by atomic mass is 10.0. The summed E-state index contributed by atoms with van der Waals surface area (Å²) in [4.78, 5) is 19.4. The molecule has 0 rings (SSSR count). The van der Waals surface area contributed by atoms with Crippen LogP contribution in [0.2, 0.25) is 0 Å². The average molecular weight is 229 g/mol. The highest BCUT2D eigenvalue weighted by molar-refractivity contribution is 7.39. The first kappa shape index (κ1) is 12.8. The molecule has 0 aromatic carbocycles. The normalized spacial score (nSPS) is 18.9. The van der Waals surface area contributed by atoms with Crippen molar-refractivity contribution in [3.05, 3.63) is 0 Å². The molecule has 0 saturated heterocycles. The Labute approximate surface area is 81.7 Å². The van der Waals surface area contributed by atoms with Crippen molar-refractivity contribution in [1.82, 2.24) is 0 Å². The minimum Gasteiger partial charge on any atom is -0.481 e. The zero-order chi connectivity index (χ0) is 10.6. The summed E-state index contributed by atoms with van der Waals surface area (Å²) in [5.41, 5.74) is 4.39. The minimum atomic E-state index is -2.62. The fourth-order valence-corrected chi connectivity index (χ4v) is 2.42. The van der Waals surface area contributed by atoms with Crippen LogP contribution in [-0.2, 0) is 9.36 Å². The van der Waals surface area contributed by atoms with E-state index in [2.05, 4.69) is 0 Å². The number of hydrogen-bond donors (Lipinski definition) is 3. The second-order valence-corrected chi connectivity index (χ2v) is 4.26. The van der Waals surface area contributed by atoms with E-state index in [0.717, 1.165) is 0 Å². The molecule has 0 saturated carbocycles. The van der Waals surface area contributed by atoms with Crippen molar-refractivity contribution < 1.29 is 19.4 Å². The van der Waals surface area contributed by atoms with Crippen LogP contribution < -0.4 is 5.73 Å². The molecule has 0 aliphatic heterocycles. The van der Waals surface area contributed by atoms with Gasteiger partial charge in [-0.25, -0.2) is 0 Å². The number of rotatable bonds is 5. The molecule has 13 heavy (non-hydrogen) atoms. The van der Waals surface area contributed by atoms with Crippen LogP contribution in [0.15, 0.2) is 0 Å². The van der Waals surface area contributed by atoms with Gasteiger partial charge in [-0.05, 0) is 11.5 Å². The number of carbonyl (C=O) groups is 1. The van der Waals surface area contributed by atoms with Crippen LogP contribution in [0.5, 0.6) is 0 Å². The zero-order valence-electron chi connectivity index (χ0n) is 7.05. The monoisotopic (exact) mass is 228 g/mol. The molecule has 4 N–H and O–H groups in total. The molecule has 0 fully saturated rings. The molecule has 76 valence electrons. The molecule has 7 heteroatoms. The highest BCUT2D eigenvalue weighted by Crippen LogP contribution is 2.32. The molecule has 0 aromatic heterocycles. The van der Waals surface area contributed by atoms with Crippen LogP contribution in [0.4, 0.5) is 0 Å². The third-order valence-corrected chi connectivity index (χ3v) is 3.36. The zero-order valence-corrected chi connectivity index (χ0v) is 8.70. The second kappa shape index (κ2) is 5.50. The van der Waals surface area contributed by atoms with Gasteiger partial charge in [0, 0.05) is 5.88 Å². The highest BCUT2D eigenvalue weighted by Gasteiger charge is 2.44. The molecule has 4 unspecified atom stereocenters. The van der Waals surface area contributed by atoms with Crippen LogP contribution >= 0.6 is 19.6 Å². The van der Waals surface area contributed by atoms with Crippen LogP contribution in [0, 0.1) is 5.92 Å². The molecule has 0 radical (unpaired) electrons. The lowest BCUT2D eigenvalue weighted by Crippen LogP contribution is -2.39. The van der Waals surface area contributed by atoms with Crippen molar-refractivity contribution >= 4 is 25.6 Å². The highest BCUT2D eigenvalue weighted by atomic mass is 35.5. The van der Waals surface area contributed by atoms with Gasteiger partial charge in [0.15, 0.2) is 0 Å². The third kappa shape index (κ3) is 3.56. The van der Waals surface area contributed by atoms with E-state index in [9.17, 15) is 9.36 Å². The van der Waals surface area contributed by atoms with E-state index in [1.165, 1.54) is 6.92 Å². The van der Waals surface area contributed by atoms with Gasteiger partial charge in [0.25, 0.3) is 0 Å². The third-order valence-electron chi connectivity index (χ3n) is 1.69. The fraction of sp³-hybridized carbons (Fsp3) is 0.833. The van der Waals surface area contributed by atoms with Gasteiger partial charge in [-0.3, -0.25) is 4.79 Å². The van der Waals surface area contributed by atoms with E-state index >= 15 is 0 Å². The maximum atomic E-state index is 10.8. The van der Waals surface area contributed by atoms with E-state index in [1.807, 2.05) is 0 Å². The van der Waals surface area contributed by atoms with Crippen LogP contribution in [-0.4, -0.2) is 33.6 Å². The number of nitrogens with two attached hydrogens (primary N) is 1. The van der Waals surface area contributed by atoms with E-state index < -0.39 is 31.6 Å². The van der Waals surface area contributed by atoms with Gasteiger partial charge >= 0.3 is 14.0 Å². The summed E-state index contributed by atoms with van der Waals surface area (Å²) in [6.07, 6.45) is 0. The van der Waals surface area contributed by atoms with Gasteiger partial charge < -0.3 is 10.8 Å². The molecule has 0 heterocycles. The topological polar surface area (TPSA) is 101 Å². The lowest BCUT2D eigenvalue weighted by molar-refractivity contribution is -0.141. The van der Waals surface area contributed by atoms with Crippen molar-refractivity contribution in [1.29, 1.82) is 0 Å². The minimum absolute atomic E-state index is 0.219. The predicted octanol–water partition coefficient (Wildman–Crippen LogP) is 0.377. The predicted molar refractivity (Wildman–Crippen MR) is 49.1 cm³/mol. The van der Waals surface area contributed by atoms with E-state index in [-0.39, 0.29) is 5.88 Å². The van der Waals surface area contributed by atoms with Crippen molar-refractivity contribution in [3.63, 3.8) is 0 Å². The van der Waals surface area contributed by atoms with Crippen molar-refractivity contribution in [2.24, 2.45) is 11.7 Å². The molecule has 0 spiro atoms. The molecule has 0 aromatic rings. The van der Waals surface area contributed by atoms with Crippen molar-refractivity contribution in [2.75, 3.05) is 5.88 Å². The molecule has 5 nitrogen and oxygen atoms in total. The number of halogens is 1. The first-order valence-electron chi connectivity index (χ1n) is 3.61. The SMILES string of the molecule is CC(N)C(C(CCl)C(=O)O)[P+](=O)O. The van der Waals surface area contributed by atoms with Gasteiger partial charge in [-0.2, -0.15) is 4.89 Å². The quantitative estimate of drug-likeness (QED) is 0.466. The Balaban J connectivity index is 4.69. The number of aliphatic carboxylic acids is 1. The maximum Gasteiger partial charge on any atom is 0.511 e. The lowest BCUT2D eigenvalue weighted by Gasteiger charge is -2.14. The fourth-order valence-electron chi connectivity index (χ4n) is 1.02. The van der Waals surface area contributed by atoms with Crippen molar-refractivity contribution in [2.45, 2.75) is 18.6 Å². The van der Waals surface area contributed by atoms with Gasteiger partial charge in [-0.1, -0.05) is 0 Å². The van der Waals surface area contributed by atoms with E-state index in [0.29, 0.717) is 0 Å². The summed E-state index contributed by atoms with van der Waals surface area (Å²) < 4.78 is 10.8. The van der Waals surface area contributed by atoms with Gasteiger partial charge in [-0.15, -0.1) is 11.6 Å². The Morgan fingerprint density at radius 1 is 1.69 bits per heavy atom. The summed E-state index contributed by atoms with van der Waals surface area (Å²) in [7, 11) is -2.62. The van der Waals surface area contributed by atoms with E-state index in [1.54, 1.807) is 0 Å². The number of alkyl halides is 1. The largest absolute Gasteiger partial charge is 0.511 e. The number of carboxylic acid groups (broad SMARTS) is 1. The Bertz CT molecular complexity index is 211. The molecule has 0 bridgehead atoms. The number of hydrogen-bond acceptors (Lipinski definition) is 3. The summed E-state index contributed by atoms with van der Waals surface area (Å²) in [5, 5.41) is 8.66. The van der Waals surface area contributed by atoms with Gasteiger partial charge in [0.2, 0.25) is 5.66 Å². The standard InChI is InChI=1S/C6H11ClNO4P/c1-3(8)5(13(11)12)4(2-7)6(9)10/h3-5H,2,8H2,1H3,(H-,9,10,11,12)/p+1. The van der Waals surface area contributed by atoms with Crippen LogP contribution in [0.25, 0.3) is 0 Å². The second-order valence-electron chi connectivity index (χ2n) is 2.75. The Hall–Kier alpha value is -0.220. The molecule has 0 aliphatic carbocycles. The summed E-state index contributed by atoms with van der Waals surface area (Å²) in [5.74, 6) is -2.49. The molecule has 4 atom stereocenters. The molecular weight excluding hydrogens is 216 g/mol. The number of carboxylic acids is 1. The molecule has 0 aliphatic rings. The molecule has 0 amide bonds. The summed E-state index contributed by atoms with van der Waals surface area (Å²) >= 11 is 5.37. The Morgan fingerprint density at radius 2 is 2.15 bits per heavy atom. The molecular formula is C6H12ClNO4P+. The van der Waals surface area contributed by atoms with Crippen LogP contribution in [0.1, 0.15) is 6.92 Å². The average Bonchev–Trinajstić information content (AvgIpc) is 1.97. The smallest absolute Gasteiger partial charge is 0.481 e. The van der Waals surface area contributed by atoms with Gasteiger partial charge in [0.1, 0.15) is 5.92 Å². The Kier molecular flexibility index (Phi) is 5.40. The summed E-state index contributed by atoms with van der Waals surface area (Å²) in [6.45, 7) is 1.48. The van der Waals surface area contributed by atoms with Crippen molar-refractivity contribution in [3.8, 4) is 0 Å². The maximum absolute atomic E-state index is 10.8. The van der Waals surface area contributed by atoms with Gasteiger partial charge in [0.05, 0.1) is 6.04 Å².